The normalized spacial score (nSPS) is 17.4. The molecule has 10 heteroatoms. The summed E-state index contributed by atoms with van der Waals surface area (Å²) in [6.07, 6.45) is 2.80. The average molecular weight is 483 g/mol. The van der Waals surface area contributed by atoms with E-state index in [4.69, 9.17) is 4.74 Å². The molecule has 9 nitrogen and oxygen atoms in total. The molecule has 34 heavy (non-hydrogen) atoms. The largest absolute Gasteiger partial charge is 0.378 e. The van der Waals surface area contributed by atoms with Crippen LogP contribution in [0.4, 0.5) is 9.80 Å². The molecule has 1 aliphatic heterocycles. The maximum Gasteiger partial charge on any atom is 0.319 e. The van der Waals surface area contributed by atoms with Gasteiger partial charge in [0, 0.05) is 24.5 Å². The first-order valence-electron chi connectivity index (χ1n) is 11.8. The van der Waals surface area contributed by atoms with Gasteiger partial charge in [-0.15, -0.1) is 16.4 Å². The molecule has 0 spiro atoms. The number of hydrogen-bond acceptors (Lipinski definition) is 6. The quantitative estimate of drug-likeness (QED) is 0.581. The molecule has 3 heterocycles. The van der Waals surface area contributed by atoms with Crippen LogP contribution >= 0.6 is 11.3 Å². The summed E-state index contributed by atoms with van der Waals surface area (Å²) in [6, 6.07) is 7.40. The Kier molecular flexibility index (Phi) is 6.26. The SMILES string of the molecule is CC1(C)CCc2c(sc(NC(=O)NCCn3nnc4ccccc43)c2C(=O)N2CCOCC2)C1. The molecule has 180 valence electrons. The first-order chi connectivity index (χ1) is 16.4. The number of aromatic nitrogens is 3. The summed E-state index contributed by atoms with van der Waals surface area (Å²) in [5.41, 5.74) is 3.71. The van der Waals surface area contributed by atoms with Crippen molar-refractivity contribution in [3.05, 3.63) is 40.3 Å². The van der Waals surface area contributed by atoms with Crippen LogP contribution in [0.5, 0.6) is 0 Å². The van der Waals surface area contributed by atoms with Gasteiger partial charge in [-0.3, -0.25) is 10.1 Å². The molecule has 1 aromatic carbocycles. The standard InChI is InChI=1S/C24H30N6O3S/c1-24(2)8-7-16-19(15-24)34-21(20(16)22(31)29-11-13-33-14-12-29)26-23(32)25-9-10-30-18-6-4-3-5-17(18)27-28-30/h3-6H,7-15H2,1-2H3,(H2,25,26,32). The summed E-state index contributed by atoms with van der Waals surface area (Å²) in [4.78, 5) is 29.3. The lowest BCUT2D eigenvalue weighted by molar-refractivity contribution is 0.0303. The highest BCUT2D eigenvalue weighted by atomic mass is 32.1. The molecule has 2 aliphatic rings. The third-order valence-corrected chi connectivity index (χ3v) is 7.70. The van der Waals surface area contributed by atoms with Crippen molar-refractivity contribution >= 4 is 39.3 Å². The molecule has 2 N–H and O–H groups in total. The lowest BCUT2D eigenvalue weighted by Gasteiger charge is -2.31. The van der Waals surface area contributed by atoms with Crippen LogP contribution < -0.4 is 10.6 Å². The van der Waals surface area contributed by atoms with E-state index in [0.29, 0.717) is 50.0 Å². The average Bonchev–Trinajstić information content (AvgIpc) is 3.39. The highest BCUT2D eigenvalue weighted by Crippen LogP contribution is 2.44. The predicted octanol–water partition coefficient (Wildman–Crippen LogP) is 3.30. The number of anilines is 1. The Bertz CT molecular complexity index is 1210. The Labute approximate surface area is 202 Å². The Morgan fingerprint density at radius 1 is 1.21 bits per heavy atom. The summed E-state index contributed by atoms with van der Waals surface area (Å²) < 4.78 is 7.19. The number of carbonyl (C=O) groups excluding carboxylic acids is 2. The summed E-state index contributed by atoms with van der Waals surface area (Å²) >= 11 is 1.54. The van der Waals surface area contributed by atoms with E-state index in [1.165, 1.54) is 16.2 Å². The zero-order valence-electron chi connectivity index (χ0n) is 19.6. The summed E-state index contributed by atoms with van der Waals surface area (Å²) in [5.74, 6) is -0.00936. The van der Waals surface area contributed by atoms with Crippen molar-refractivity contribution in [2.75, 3.05) is 38.2 Å². The molecule has 0 atom stereocenters. The van der Waals surface area contributed by atoms with Gasteiger partial charge in [0.25, 0.3) is 5.91 Å². The highest BCUT2D eigenvalue weighted by Gasteiger charge is 2.34. The number of nitrogens with one attached hydrogen (secondary N) is 2. The second-order valence-electron chi connectivity index (χ2n) is 9.64. The number of urea groups is 1. The van der Waals surface area contributed by atoms with E-state index in [0.717, 1.165) is 35.9 Å². The minimum Gasteiger partial charge on any atom is -0.378 e. The number of ether oxygens (including phenoxy) is 1. The minimum absolute atomic E-state index is 0.00936. The fraction of sp³-hybridized carbons (Fsp3) is 0.500. The third kappa shape index (κ3) is 4.65. The van der Waals surface area contributed by atoms with Crippen LogP contribution in [0, 0.1) is 5.41 Å². The first-order valence-corrected chi connectivity index (χ1v) is 12.6. The first kappa shape index (κ1) is 22.8. The smallest absolute Gasteiger partial charge is 0.319 e. The van der Waals surface area contributed by atoms with E-state index in [1.54, 1.807) is 4.68 Å². The van der Waals surface area contributed by atoms with Crippen molar-refractivity contribution < 1.29 is 14.3 Å². The number of fused-ring (bicyclic) bond motifs is 2. The zero-order chi connectivity index (χ0) is 23.7. The second-order valence-corrected chi connectivity index (χ2v) is 10.7. The number of carbonyl (C=O) groups is 2. The van der Waals surface area contributed by atoms with E-state index >= 15 is 0 Å². The number of thiophene rings is 1. The summed E-state index contributed by atoms with van der Waals surface area (Å²) in [7, 11) is 0. The fourth-order valence-corrected chi connectivity index (χ4v) is 6.14. The molecule has 1 saturated heterocycles. The van der Waals surface area contributed by atoms with Crippen LogP contribution in [0.25, 0.3) is 11.0 Å². The van der Waals surface area contributed by atoms with Crippen molar-refractivity contribution in [2.45, 2.75) is 39.7 Å². The fourth-order valence-electron chi connectivity index (χ4n) is 4.65. The maximum absolute atomic E-state index is 13.5. The number of nitrogens with zero attached hydrogens (tertiary/aromatic N) is 4. The molecular formula is C24H30N6O3S. The Balaban J connectivity index is 1.30. The van der Waals surface area contributed by atoms with E-state index < -0.39 is 0 Å². The van der Waals surface area contributed by atoms with Crippen LogP contribution in [0.1, 0.15) is 41.1 Å². The van der Waals surface area contributed by atoms with Gasteiger partial charge in [-0.2, -0.15) is 0 Å². The van der Waals surface area contributed by atoms with Crippen LogP contribution in [-0.4, -0.2) is 64.7 Å². The molecule has 2 aromatic heterocycles. The Hall–Kier alpha value is -2.98. The van der Waals surface area contributed by atoms with Crippen molar-refractivity contribution in [1.82, 2.24) is 25.2 Å². The molecule has 0 saturated carbocycles. The van der Waals surface area contributed by atoms with Gasteiger partial charge < -0.3 is 15.0 Å². The Morgan fingerprint density at radius 2 is 2.00 bits per heavy atom. The van der Waals surface area contributed by atoms with E-state index in [9.17, 15) is 9.59 Å². The molecule has 5 rings (SSSR count). The van der Waals surface area contributed by atoms with E-state index in [1.807, 2.05) is 29.2 Å². The lowest BCUT2D eigenvalue weighted by atomic mass is 9.77. The van der Waals surface area contributed by atoms with Gasteiger partial charge in [0.1, 0.15) is 10.5 Å². The van der Waals surface area contributed by atoms with Gasteiger partial charge in [0.2, 0.25) is 0 Å². The number of morpholine rings is 1. The van der Waals surface area contributed by atoms with E-state index in [2.05, 4.69) is 34.8 Å². The van der Waals surface area contributed by atoms with Gasteiger partial charge in [-0.05, 0) is 42.4 Å². The lowest BCUT2D eigenvalue weighted by Crippen LogP contribution is -2.41. The molecule has 1 fully saturated rings. The van der Waals surface area contributed by atoms with Crippen molar-refractivity contribution in [1.29, 1.82) is 0 Å². The van der Waals surface area contributed by atoms with Crippen LogP contribution in [0.2, 0.25) is 0 Å². The molecule has 1 aliphatic carbocycles. The van der Waals surface area contributed by atoms with Gasteiger partial charge in [-0.25, -0.2) is 9.48 Å². The molecule has 0 unspecified atom stereocenters. The van der Waals surface area contributed by atoms with Crippen LogP contribution in [-0.2, 0) is 24.1 Å². The molecule has 0 bridgehead atoms. The van der Waals surface area contributed by atoms with Gasteiger partial charge >= 0.3 is 6.03 Å². The zero-order valence-corrected chi connectivity index (χ0v) is 20.4. The monoisotopic (exact) mass is 482 g/mol. The number of rotatable bonds is 5. The third-order valence-electron chi connectivity index (χ3n) is 6.55. The summed E-state index contributed by atoms with van der Waals surface area (Å²) in [6.45, 7) is 7.65. The predicted molar refractivity (Wildman–Crippen MR) is 131 cm³/mol. The summed E-state index contributed by atoms with van der Waals surface area (Å²) in [5, 5.41) is 14.8. The van der Waals surface area contributed by atoms with Gasteiger partial charge in [0.05, 0.1) is 30.8 Å². The Morgan fingerprint density at radius 3 is 2.82 bits per heavy atom. The topological polar surface area (TPSA) is 101 Å². The van der Waals surface area contributed by atoms with Crippen molar-refractivity contribution in [3.8, 4) is 0 Å². The number of para-hydroxylation sites is 1. The van der Waals surface area contributed by atoms with Crippen LogP contribution in [0.15, 0.2) is 24.3 Å². The van der Waals surface area contributed by atoms with Crippen LogP contribution in [0.3, 0.4) is 0 Å². The van der Waals surface area contributed by atoms with Gasteiger partial charge in [0.15, 0.2) is 0 Å². The number of benzene rings is 1. The molecule has 0 radical (unpaired) electrons. The molecular weight excluding hydrogens is 452 g/mol. The van der Waals surface area contributed by atoms with Gasteiger partial charge in [-0.1, -0.05) is 31.2 Å². The number of amides is 3. The van der Waals surface area contributed by atoms with Crippen molar-refractivity contribution in [2.24, 2.45) is 5.41 Å². The van der Waals surface area contributed by atoms with E-state index in [-0.39, 0.29) is 17.4 Å². The molecule has 3 amide bonds. The number of hydrogen-bond donors (Lipinski definition) is 2. The molecule has 3 aromatic rings. The second kappa shape index (κ2) is 9.34. The maximum atomic E-state index is 13.5. The highest BCUT2D eigenvalue weighted by molar-refractivity contribution is 7.17. The van der Waals surface area contributed by atoms with Crippen molar-refractivity contribution in [3.63, 3.8) is 0 Å². The minimum atomic E-state index is -0.321.